The molecule has 0 amide bonds. The van der Waals surface area contributed by atoms with E-state index >= 15 is 0 Å². The summed E-state index contributed by atoms with van der Waals surface area (Å²) in [6, 6.07) is 7.06. The number of nitrogens with zero attached hydrogens (tertiary/aromatic N) is 1. The maximum Gasteiger partial charge on any atom is 0.0723 e. The molecular weight excluding hydrogens is 304 g/mol. The molecule has 0 spiro atoms. The van der Waals surface area contributed by atoms with Crippen molar-refractivity contribution < 1.29 is 4.74 Å². The standard InChI is InChI=1S/C15H23BrN2O/c1-10(17)6-13-7-14(16)4-5-15(13)18-8-12(3)19-9-11(18)2/h4-5,7,10-12H,6,8-9,17H2,1-3H3. The first-order valence-corrected chi connectivity index (χ1v) is 7.69. The number of nitrogens with two attached hydrogens (primary N) is 1. The first-order valence-electron chi connectivity index (χ1n) is 6.89. The summed E-state index contributed by atoms with van der Waals surface area (Å²) < 4.78 is 6.82. The zero-order valence-corrected chi connectivity index (χ0v) is 13.5. The summed E-state index contributed by atoms with van der Waals surface area (Å²) >= 11 is 3.55. The summed E-state index contributed by atoms with van der Waals surface area (Å²) in [4.78, 5) is 2.44. The van der Waals surface area contributed by atoms with Crippen LogP contribution >= 0.6 is 15.9 Å². The Morgan fingerprint density at radius 2 is 2.21 bits per heavy atom. The molecule has 0 saturated carbocycles. The predicted molar refractivity (Wildman–Crippen MR) is 83.7 cm³/mol. The van der Waals surface area contributed by atoms with Crippen molar-refractivity contribution >= 4 is 21.6 Å². The number of morpholine rings is 1. The highest BCUT2D eigenvalue weighted by molar-refractivity contribution is 9.10. The summed E-state index contributed by atoms with van der Waals surface area (Å²) in [6.45, 7) is 8.12. The van der Waals surface area contributed by atoms with Gasteiger partial charge in [0.05, 0.1) is 12.7 Å². The number of ether oxygens (including phenoxy) is 1. The molecule has 1 aliphatic heterocycles. The summed E-state index contributed by atoms with van der Waals surface area (Å²) in [5, 5.41) is 0. The lowest BCUT2D eigenvalue weighted by Gasteiger charge is -2.39. The Bertz CT molecular complexity index is 436. The number of rotatable bonds is 3. The molecule has 2 N–H and O–H groups in total. The zero-order valence-electron chi connectivity index (χ0n) is 11.9. The van der Waals surface area contributed by atoms with Gasteiger partial charge in [0.15, 0.2) is 0 Å². The number of anilines is 1. The second-order valence-corrected chi connectivity index (χ2v) is 6.52. The van der Waals surface area contributed by atoms with Gasteiger partial charge in [0.2, 0.25) is 0 Å². The van der Waals surface area contributed by atoms with Gasteiger partial charge >= 0.3 is 0 Å². The fourth-order valence-electron chi connectivity index (χ4n) is 2.58. The molecule has 3 atom stereocenters. The van der Waals surface area contributed by atoms with E-state index in [9.17, 15) is 0 Å². The predicted octanol–water partition coefficient (Wildman–Crippen LogP) is 2.95. The molecular formula is C15H23BrN2O. The Morgan fingerprint density at radius 3 is 2.89 bits per heavy atom. The largest absolute Gasteiger partial charge is 0.375 e. The number of benzene rings is 1. The average molecular weight is 327 g/mol. The van der Waals surface area contributed by atoms with E-state index in [2.05, 4.69) is 59.8 Å². The van der Waals surface area contributed by atoms with Crippen LogP contribution in [-0.2, 0) is 11.2 Å². The fraction of sp³-hybridized carbons (Fsp3) is 0.600. The average Bonchev–Trinajstić information content (AvgIpc) is 2.32. The van der Waals surface area contributed by atoms with Crippen molar-refractivity contribution in [2.24, 2.45) is 5.73 Å². The molecule has 1 aromatic carbocycles. The highest BCUT2D eigenvalue weighted by Gasteiger charge is 2.25. The minimum atomic E-state index is 0.168. The van der Waals surface area contributed by atoms with E-state index in [-0.39, 0.29) is 12.1 Å². The Labute approximate surface area is 124 Å². The normalized spacial score (nSPS) is 25.4. The van der Waals surface area contributed by atoms with Gasteiger partial charge in [-0.3, -0.25) is 0 Å². The minimum Gasteiger partial charge on any atom is -0.375 e. The molecule has 19 heavy (non-hydrogen) atoms. The molecule has 3 nitrogen and oxygen atoms in total. The van der Waals surface area contributed by atoms with Crippen LogP contribution in [-0.4, -0.2) is 31.3 Å². The molecule has 1 heterocycles. The van der Waals surface area contributed by atoms with Gasteiger partial charge in [-0.2, -0.15) is 0 Å². The second kappa shape index (κ2) is 6.25. The van der Waals surface area contributed by atoms with Crippen molar-refractivity contribution in [1.82, 2.24) is 0 Å². The van der Waals surface area contributed by atoms with Gasteiger partial charge in [0.25, 0.3) is 0 Å². The van der Waals surface area contributed by atoms with Gasteiger partial charge < -0.3 is 15.4 Å². The van der Waals surface area contributed by atoms with Crippen molar-refractivity contribution in [3.05, 3.63) is 28.2 Å². The lowest BCUT2D eigenvalue weighted by molar-refractivity contribution is 0.0343. The third kappa shape index (κ3) is 3.71. The number of hydrogen-bond acceptors (Lipinski definition) is 3. The summed E-state index contributed by atoms with van der Waals surface area (Å²) in [7, 11) is 0. The van der Waals surface area contributed by atoms with Gasteiger partial charge in [-0.25, -0.2) is 0 Å². The molecule has 0 bridgehead atoms. The van der Waals surface area contributed by atoms with E-state index in [4.69, 9.17) is 10.5 Å². The molecule has 1 saturated heterocycles. The maximum absolute atomic E-state index is 5.98. The van der Waals surface area contributed by atoms with E-state index in [0.29, 0.717) is 6.04 Å². The summed E-state index contributed by atoms with van der Waals surface area (Å²) in [5.74, 6) is 0. The number of halogens is 1. The fourth-order valence-corrected chi connectivity index (χ4v) is 2.99. The van der Waals surface area contributed by atoms with Gasteiger partial charge in [-0.1, -0.05) is 15.9 Å². The third-order valence-corrected chi connectivity index (χ3v) is 3.99. The Kier molecular flexibility index (Phi) is 4.87. The molecule has 0 radical (unpaired) electrons. The smallest absolute Gasteiger partial charge is 0.0723 e. The lowest BCUT2D eigenvalue weighted by Crippen LogP contribution is -2.47. The summed E-state index contributed by atoms with van der Waals surface area (Å²) in [5.41, 5.74) is 8.58. The molecule has 4 heteroatoms. The van der Waals surface area contributed by atoms with E-state index in [1.165, 1.54) is 11.3 Å². The van der Waals surface area contributed by atoms with Crippen molar-refractivity contribution in [3.8, 4) is 0 Å². The van der Waals surface area contributed by atoms with E-state index in [0.717, 1.165) is 24.0 Å². The van der Waals surface area contributed by atoms with Crippen molar-refractivity contribution in [1.29, 1.82) is 0 Å². The SMILES string of the molecule is CC(N)Cc1cc(Br)ccc1N1CC(C)OCC1C. The third-order valence-electron chi connectivity index (χ3n) is 3.50. The second-order valence-electron chi connectivity index (χ2n) is 5.60. The van der Waals surface area contributed by atoms with Gasteiger partial charge in [-0.05, 0) is 51.0 Å². The quantitative estimate of drug-likeness (QED) is 0.928. The van der Waals surface area contributed by atoms with Crippen LogP contribution in [0.4, 0.5) is 5.69 Å². The van der Waals surface area contributed by atoms with E-state index < -0.39 is 0 Å². The molecule has 0 aromatic heterocycles. The topological polar surface area (TPSA) is 38.5 Å². The highest BCUT2D eigenvalue weighted by atomic mass is 79.9. The molecule has 1 aromatic rings. The van der Waals surface area contributed by atoms with Crippen LogP contribution in [0.15, 0.2) is 22.7 Å². The Morgan fingerprint density at radius 1 is 1.47 bits per heavy atom. The van der Waals surface area contributed by atoms with Crippen molar-refractivity contribution in [3.63, 3.8) is 0 Å². The maximum atomic E-state index is 5.98. The van der Waals surface area contributed by atoms with Crippen LogP contribution in [0.25, 0.3) is 0 Å². The molecule has 0 aliphatic carbocycles. The Balaban J connectivity index is 2.31. The highest BCUT2D eigenvalue weighted by Crippen LogP contribution is 2.29. The molecule has 3 unspecified atom stereocenters. The van der Waals surface area contributed by atoms with Crippen LogP contribution in [0.5, 0.6) is 0 Å². The summed E-state index contributed by atoms with van der Waals surface area (Å²) in [6.07, 6.45) is 1.18. The van der Waals surface area contributed by atoms with Crippen LogP contribution in [0, 0.1) is 0 Å². The minimum absolute atomic E-state index is 0.168. The number of hydrogen-bond donors (Lipinski definition) is 1. The van der Waals surface area contributed by atoms with E-state index in [1.54, 1.807) is 0 Å². The van der Waals surface area contributed by atoms with Crippen LogP contribution in [0.1, 0.15) is 26.3 Å². The van der Waals surface area contributed by atoms with Crippen LogP contribution < -0.4 is 10.6 Å². The molecule has 106 valence electrons. The van der Waals surface area contributed by atoms with Gasteiger partial charge in [-0.15, -0.1) is 0 Å². The van der Waals surface area contributed by atoms with Crippen LogP contribution in [0.2, 0.25) is 0 Å². The van der Waals surface area contributed by atoms with Gasteiger partial charge in [0, 0.05) is 28.8 Å². The zero-order chi connectivity index (χ0) is 14.0. The first kappa shape index (κ1) is 14.8. The van der Waals surface area contributed by atoms with Crippen LogP contribution in [0.3, 0.4) is 0 Å². The van der Waals surface area contributed by atoms with Crippen molar-refractivity contribution in [2.45, 2.75) is 45.4 Å². The molecule has 1 aliphatic rings. The molecule has 1 fully saturated rings. The monoisotopic (exact) mass is 326 g/mol. The first-order chi connectivity index (χ1) is 8.97. The lowest BCUT2D eigenvalue weighted by atomic mass is 10.0. The van der Waals surface area contributed by atoms with Crippen molar-refractivity contribution in [2.75, 3.05) is 18.1 Å². The van der Waals surface area contributed by atoms with Gasteiger partial charge in [0.1, 0.15) is 0 Å². The molecule has 2 rings (SSSR count). The Hall–Kier alpha value is -0.580. The van der Waals surface area contributed by atoms with E-state index in [1.807, 2.05) is 0 Å².